The van der Waals surface area contributed by atoms with Crippen LogP contribution in [0.1, 0.15) is 36.6 Å². The van der Waals surface area contributed by atoms with Crippen LogP contribution in [0.15, 0.2) is 35.0 Å². The van der Waals surface area contributed by atoms with Crippen molar-refractivity contribution in [2.45, 2.75) is 32.9 Å². The normalized spacial score (nSPS) is 15.9. The van der Waals surface area contributed by atoms with Gasteiger partial charge in [-0.3, -0.25) is 4.90 Å². The Balaban J connectivity index is 1.78. The molecule has 0 N–H and O–H groups in total. The van der Waals surface area contributed by atoms with Crippen LogP contribution in [0.5, 0.6) is 5.75 Å². The Kier molecular flexibility index (Phi) is 6.57. The molecule has 0 bridgehead atoms. The summed E-state index contributed by atoms with van der Waals surface area (Å²) in [5, 5.41) is 4.06. The highest BCUT2D eigenvalue weighted by molar-refractivity contribution is 7.07. The number of carbonyl (C=O) groups excluding carboxylic acids is 2. The Hall–Kier alpha value is -2.54. The van der Waals surface area contributed by atoms with E-state index in [4.69, 9.17) is 14.2 Å². The summed E-state index contributed by atoms with van der Waals surface area (Å²) in [7, 11) is 1.33. The van der Waals surface area contributed by atoms with Gasteiger partial charge < -0.3 is 14.2 Å². The lowest BCUT2D eigenvalue weighted by atomic mass is 9.92. The summed E-state index contributed by atoms with van der Waals surface area (Å²) >= 11 is 1.63. The number of amides is 1. The van der Waals surface area contributed by atoms with Crippen molar-refractivity contribution in [2.75, 3.05) is 20.3 Å². The molecule has 28 heavy (non-hydrogen) atoms. The summed E-state index contributed by atoms with van der Waals surface area (Å²) in [5.41, 5.74) is 2.85. The van der Waals surface area contributed by atoms with Gasteiger partial charge in [0, 0.05) is 6.54 Å². The van der Waals surface area contributed by atoms with Gasteiger partial charge in [0.25, 0.3) is 0 Å². The summed E-state index contributed by atoms with van der Waals surface area (Å²) < 4.78 is 16.2. The van der Waals surface area contributed by atoms with E-state index in [9.17, 15) is 9.59 Å². The molecule has 1 atom stereocenters. The number of rotatable bonds is 6. The first-order chi connectivity index (χ1) is 13.5. The molecule has 1 aliphatic rings. The molecule has 0 spiro atoms. The Morgan fingerprint density at radius 2 is 2.11 bits per heavy atom. The molecule has 1 aromatic heterocycles. The second kappa shape index (κ2) is 9.10. The van der Waals surface area contributed by atoms with Gasteiger partial charge >= 0.3 is 12.1 Å². The fourth-order valence-electron chi connectivity index (χ4n) is 3.12. The van der Waals surface area contributed by atoms with Crippen LogP contribution in [-0.4, -0.2) is 37.2 Å². The molecule has 2 heterocycles. The third-order valence-electron chi connectivity index (χ3n) is 4.53. The molecule has 0 saturated heterocycles. The molecule has 0 radical (unpaired) electrons. The third kappa shape index (κ3) is 4.65. The molecule has 0 saturated carbocycles. The minimum atomic E-state index is -0.806. The zero-order valence-corrected chi connectivity index (χ0v) is 17.2. The van der Waals surface area contributed by atoms with Crippen molar-refractivity contribution in [3.05, 3.63) is 51.7 Å². The van der Waals surface area contributed by atoms with Crippen molar-refractivity contribution in [1.82, 2.24) is 4.90 Å². The lowest BCUT2D eigenvalue weighted by Crippen LogP contribution is -2.44. The van der Waals surface area contributed by atoms with Gasteiger partial charge in [-0.2, -0.15) is 11.3 Å². The second-order valence-corrected chi connectivity index (χ2v) is 7.90. The number of nitrogens with zero attached hydrogens (tertiary/aromatic N) is 1. The molecular formula is C21H25NO5S. The molecule has 1 amide bonds. The average Bonchev–Trinajstić information content (AvgIpc) is 3.22. The first-order valence-electron chi connectivity index (χ1n) is 9.27. The van der Waals surface area contributed by atoms with E-state index in [1.807, 2.05) is 48.9 Å². The van der Waals surface area contributed by atoms with E-state index >= 15 is 0 Å². The van der Waals surface area contributed by atoms with Crippen molar-refractivity contribution < 1.29 is 23.8 Å². The van der Waals surface area contributed by atoms with Gasteiger partial charge in [0.2, 0.25) is 0 Å². The lowest BCUT2D eigenvalue weighted by molar-refractivity contribution is -0.147. The van der Waals surface area contributed by atoms with Crippen LogP contribution in [0.2, 0.25) is 0 Å². The predicted molar refractivity (Wildman–Crippen MR) is 106 cm³/mol. The summed E-state index contributed by atoms with van der Waals surface area (Å²) in [6.45, 7) is 5.13. The van der Waals surface area contributed by atoms with E-state index < -0.39 is 18.1 Å². The zero-order chi connectivity index (χ0) is 20.1. The number of methoxy groups -OCH3 is 1. The molecule has 7 heteroatoms. The van der Waals surface area contributed by atoms with Gasteiger partial charge in [0.05, 0.1) is 13.7 Å². The summed E-state index contributed by atoms with van der Waals surface area (Å²) in [4.78, 5) is 26.4. The Bertz CT molecular complexity index is 818. The van der Waals surface area contributed by atoms with Crippen molar-refractivity contribution >= 4 is 23.4 Å². The number of benzene rings is 1. The van der Waals surface area contributed by atoms with Gasteiger partial charge in [-0.25, -0.2) is 9.59 Å². The first-order valence-corrected chi connectivity index (χ1v) is 10.2. The highest BCUT2D eigenvalue weighted by atomic mass is 32.1. The average molecular weight is 404 g/mol. The van der Waals surface area contributed by atoms with E-state index in [1.165, 1.54) is 12.0 Å². The van der Waals surface area contributed by atoms with E-state index in [1.54, 1.807) is 11.3 Å². The van der Waals surface area contributed by atoms with Crippen LogP contribution in [0, 0.1) is 5.92 Å². The number of esters is 1. The van der Waals surface area contributed by atoms with Crippen LogP contribution in [0.4, 0.5) is 4.79 Å². The molecule has 0 fully saturated rings. The Morgan fingerprint density at radius 1 is 1.29 bits per heavy atom. The summed E-state index contributed by atoms with van der Waals surface area (Å²) in [5.74, 6) is 0.485. The maximum atomic E-state index is 12.5. The summed E-state index contributed by atoms with van der Waals surface area (Å²) in [6, 6.07) is 6.82. The topological polar surface area (TPSA) is 65.1 Å². The molecule has 1 unspecified atom stereocenters. The smallest absolute Gasteiger partial charge is 0.410 e. The first kappa shape index (κ1) is 20.2. The largest absolute Gasteiger partial charge is 0.489 e. The van der Waals surface area contributed by atoms with E-state index in [2.05, 4.69) is 0 Å². The molecule has 150 valence electrons. The molecule has 1 aliphatic heterocycles. The minimum Gasteiger partial charge on any atom is -0.489 e. The van der Waals surface area contributed by atoms with Crippen LogP contribution in [-0.2, 0) is 27.3 Å². The van der Waals surface area contributed by atoms with E-state index in [0.29, 0.717) is 26.2 Å². The van der Waals surface area contributed by atoms with Crippen LogP contribution < -0.4 is 4.74 Å². The van der Waals surface area contributed by atoms with Crippen molar-refractivity contribution in [2.24, 2.45) is 5.92 Å². The Morgan fingerprint density at radius 3 is 2.79 bits per heavy atom. The number of hydrogen-bond donors (Lipinski definition) is 0. The summed E-state index contributed by atoms with van der Waals surface area (Å²) in [6.07, 6.45) is 0.127. The SMILES string of the molecule is COC(=O)C1c2ccc(OCc3ccsc3)cc2CCN1C(=O)OCC(C)C. The number of hydrogen-bond acceptors (Lipinski definition) is 6. The lowest BCUT2D eigenvalue weighted by Gasteiger charge is -2.35. The number of fused-ring (bicyclic) bond motifs is 1. The molecule has 0 aliphatic carbocycles. The van der Waals surface area contributed by atoms with Crippen LogP contribution >= 0.6 is 11.3 Å². The molecule has 2 aromatic rings. The maximum Gasteiger partial charge on any atom is 0.410 e. The Labute approximate surface area is 169 Å². The fourth-order valence-corrected chi connectivity index (χ4v) is 3.77. The zero-order valence-electron chi connectivity index (χ0n) is 16.3. The monoisotopic (exact) mass is 403 g/mol. The highest BCUT2D eigenvalue weighted by Crippen LogP contribution is 2.33. The number of ether oxygens (including phenoxy) is 3. The van der Waals surface area contributed by atoms with Crippen LogP contribution in [0.25, 0.3) is 0 Å². The van der Waals surface area contributed by atoms with Crippen molar-refractivity contribution in [3.8, 4) is 5.75 Å². The van der Waals surface area contributed by atoms with E-state index in [0.717, 1.165) is 22.4 Å². The fraction of sp³-hybridized carbons (Fsp3) is 0.429. The van der Waals surface area contributed by atoms with Gasteiger partial charge in [-0.05, 0) is 58.0 Å². The standard InChI is InChI=1S/C21H25NO5S/c1-14(2)11-27-21(24)22-8-6-16-10-17(26-12-15-7-9-28-13-15)4-5-18(16)19(22)20(23)25-3/h4-5,7,9-10,13-14,19H,6,8,11-12H2,1-3H3. The maximum absolute atomic E-state index is 12.5. The van der Waals surface area contributed by atoms with Crippen molar-refractivity contribution in [1.29, 1.82) is 0 Å². The third-order valence-corrected chi connectivity index (χ3v) is 5.26. The second-order valence-electron chi connectivity index (χ2n) is 7.12. The number of carbonyl (C=O) groups is 2. The molecule has 6 nitrogen and oxygen atoms in total. The number of thiophene rings is 1. The quantitative estimate of drug-likeness (QED) is 0.677. The molecule has 1 aromatic carbocycles. The van der Waals surface area contributed by atoms with Gasteiger partial charge in [0.15, 0.2) is 6.04 Å². The molecular weight excluding hydrogens is 378 g/mol. The predicted octanol–water partition coefficient (Wildman–Crippen LogP) is 4.19. The van der Waals surface area contributed by atoms with E-state index in [-0.39, 0.29) is 5.92 Å². The van der Waals surface area contributed by atoms with Crippen LogP contribution in [0.3, 0.4) is 0 Å². The van der Waals surface area contributed by atoms with Gasteiger partial charge in [0.1, 0.15) is 12.4 Å². The van der Waals surface area contributed by atoms with Gasteiger partial charge in [-0.1, -0.05) is 19.9 Å². The van der Waals surface area contributed by atoms with Crippen molar-refractivity contribution in [3.63, 3.8) is 0 Å². The molecule has 3 rings (SSSR count). The minimum absolute atomic E-state index is 0.223. The highest BCUT2D eigenvalue weighted by Gasteiger charge is 2.37. The van der Waals surface area contributed by atoms with Gasteiger partial charge in [-0.15, -0.1) is 0 Å².